The fraction of sp³-hybridized carbons (Fsp3) is 0.361. The molecule has 0 aliphatic heterocycles. The Morgan fingerprint density at radius 1 is 0.848 bits per heavy atom. The van der Waals surface area contributed by atoms with Gasteiger partial charge in [-0.15, -0.1) is 0 Å². The van der Waals surface area contributed by atoms with E-state index in [4.69, 9.17) is 0 Å². The highest BCUT2D eigenvalue weighted by Crippen LogP contribution is 2.59. The summed E-state index contributed by atoms with van der Waals surface area (Å²) in [4.78, 5) is 59.8. The number of carboxylic acid groups (broad SMARTS) is 1. The number of aromatic amines is 1. The van der Waals surface area contributed by atoms with Gasteiger partial charge in [0, 0.05) is 18.8 Å². The van der Waals surface area contributed by atoms with Crippen molar-refractivity contribution in [3.63, 3.8) is 0 Å². The lowest BCUT2D eigenvalue weighted by molar-refractivity contribution is -0.117. The molecule has 4 aromatic rings. The van der Waals surface area contributed by atoms with Crippen molar-refractivity contribution in [1.82, 2.24) is 20.6 Å². The minimum Gasteiger partial charge on any atom is -0.478 e. The first-order chi connectivity index (χ1) is 22.2. The predicted molar refractivity (Wildman–Crippen MR) is 173 cm³/mol. The van der Waals surface area contributed by atoms with Crippen molar-refractivity contribution in [2.24, 2.45) is 23.2 Å². The largest absolute Gasteiger partial charge is 0.478 e. The molecule has 3 amide bonds. The fourth-order valence-corrected chi connectivity index (χ4v) is 8.52. The van der Waals surface area contributed by atoms with Gasteiger partial charge in [0.2, 0.25) is 5.91 Å². The Morgan fingerprint density at radius 2 is 1.52 bits per heavy atom. The van der Waals surface area contributed by atoms with E-state index in [1.807, 2.05) is 6.07 Å². The second-order valence-electron chi connectivity index (χ2n) is 13.5. The van der Waals surface area contributed by atoms with E-state index >= 15 is 0 Å². The van der Waals surface area contributed by atoms with E-state index in [0.717, 1.165) is 37.0 Å². The molecule has 0 spiro atoms. The molecule has 4 bridgehead atoms. The highest BCUT2D eigenvalue weighted by Gasteiger charge is 2.50. The van der Waals surface area contributed by atoms with Gasteiger partial charge >= 0.3 is 5.97 Å². The summed E-state index contributed by atoms with van der Waals surface area (Å²) in [6.45, 7) is 0.553. The zero-order valence-corrected chi connectivity index (χ0v) is 25.4. The molecule has 8 rings (SSSR count). The summed E-state index contributed by atoms with van der Waals surface area (Å²) in [5.41, 5.74) is 2.84. The van der Waals surface area contributed by atoms with Crippen molar-refractivity contribution >= 4 is 40.4 Å². The summed E-state index contributed by atoms with van der Waals surface area (Å²) >= 11 is 0. The van der Waals surface area contributed by atoms with Crippen LogP contribution in [0.3, 0.4) is 0 Å². The summed E-state index contributed by atoms with van der Waals surface area (Å²) in [5, 5.41) is 18.2. The van der Waals surface area contributed by atoms with Crippen LogP contribution in [0.15, 0.2) is 73.1 Å². The van der Waals surface area contributed by atoms with Crippen LogP contribution in [-0.2, 0) is 4.79 Å². The number of H-pyrrole nitrogens is 1. The second kappa shape index (κ2) is 12.1. The number of aromatic carboxylic acids is 1. The monoisotopic (exact) mass is 619 g/mol. The third kappa shape index (κ3) is 5.99. The summed E-state index contributed by atoms with van der Waals surface area (Å²) in [7, 11) is 0. The van der Waals surface area contributed by atoms with Crippen LogP contribution in [0.2, 0.25) is 0 Å². The van der Waals surface area contributed by atoms with Gasteiger partial charge in [-0.2, -0.15) is 0 Å². The highest BCUT2D eigenvalue weighted by molar-refractivity contribution is 6.10. The Bertz CT molecular complexity index is 1780. The van der Waals surface area contributed by atoms with Crippen LogP contribution in [0.5, 0.6) is 0 Å². The van der Waals surface area contributed by atoms with Crippen LogP contribution < -0.4 is 16.0 Å². The summed E-state index contributed by atoms with van der Waals surface area (Å²) in [6, 6.07) is 18.3. The molecule has 4 saturated carbocycles. The van der Waals surface area contributed by atoms with Crippen LogP contribution in [-0.4, -0.2) is 51.9 Å². The van der Waals surface area contributed by atoms with Crippen LogP contribution in [0.4, 0.5) is 5.69 Å². The molecule has 1 atom stereocenters. The minimum atomic E-state index is -1.10. The molecule has 5 N–H and O–H groups in total. The first kappa shape index (κ1) is 29.7. The molecule has 4 fully saturated rings. The number of fused-ring (bicyclic) bond motifs is 1. The number of nitrogens with zero attached hydrogens (tertiary/aromatic N) is 1. The number of carbonyl (C=O) groups excluding carboxylic acids is 3. The Labute approximate surface area is 266 Å². The van der Waals surface area contributed by atoms with Gasteiger partial charge < -0.3 is 26.0 Å². The topological polar surface area (TPSA) is 153 Å². The third-order valence-corrected chi connectivity index (χ3v) is 10.2. The number of aromatic nitrogens is 2. The third-order valence-electron chi connectivity index (χ3n) is 10.2. The van der Waals surface area contributed by atoms with Gasteiger partial charge in [-0.05, 0) is 97.6 Å². The Balaban J connectivity index is 1.09. The zero-order chi connectivity index (χ0) is 31.8. The lowest BCUT2D eigenvalue weighted by atomic mass is 9.49. The smallest absolute Gasteiger partial charge is 0.335 e. The van der Waals surface area contributed by atoms with Crippen LogP contribution in [0.25, 0.3) is 11.0 Å². The average molecular weight is 620 g/mol. The van der Waals surface area contributed by atoms with Crippen molar-refractivity contribution in [3.8, 4) is 0 Å². The van der Waals surface area contributed by atoms with E-state index in [2.05, 4.69) is 25.9 Å². The van der Waals surface area contributed by atoms with Crippen molar-refractivity contribution in [3.05, 3.63) is 95.3 Å². The highest BCUT2D eigenvalue weighted by atomic mass is 16.4. The van der Waals surface area contributed by atoms with Crippen molar-refractivity contribution in [2.75, 3.05) is 18.4 Å². The molecular weight excluding hydrogens is 582 g/mol. The lowest BCUT2D eigenvalue weighted by Gasteiger charge is -2.56. The van der Waals surface area contributed by atoms with Crippen molar-refractivity contribution < 1.29 is 24.3 Å². The maximum Gasteiger partial charge on any atom is 0.335 e. The fourth-order valence-electron chi connectivity index (χ4n) is 8.52. The van der Waals surface area contributed by atoms with Crippen molar-refractivity contribution in [1.29, 1.82) is 0 Å². The number of anilines is 1. The van der Waals surface area contributed by atoms with Gasteiger partial charge in [-0.3, -0.25) is 14.4 Å². The van der Waals surface area contributed by atoms with Gasteiger partial charge in [0.05, 0.1) is 40.0 Å². The van der Waals surface area contributed by atoms with Gasteiger partial charge in [0.15, 0.2) is 0 Å². The predicted octanol–water partition coefficient (Wildman–Crippen LogP) is 5.36. The van der Waals surface area contributed by atoms with Crippen molar-refractivity contribution in [2.45, 2.75) is 44.4 Å². The number of benzene rings is 3. The van der Waals surface area contributed by atoms with E-state index in [1.165, 1.54) is 37.7 Å². The zero-order valence-electron chi connectivity index (χ0n) is 25.4. The number of hydrogen-bond donors (Lipinski definition) is 5. The minimum absolute atomic E-state index is 0.0464. The van der Waals surface area contributed by atoms with Gasteiger partial charge in [0.1, 0.15) is 0 Å². The van der Waals surface area contributed by atoms with E-state index in [9.17, 15) is 24.3 Å². The summed E-state index contributed by atoms with van der Waals surface area (Å²) in [5.74, 6) is -0.800. The summed E-state index contributed by atoms with van der Waals surface area (Å²) in [6.07, 6.45) is 8.99. The average Bonchev–Trinajstić information content (AvgIpc) is 3.51. The van der Waals surface area contributed by atoms with E-state index in [0.29, 0.717) is 28.8 Å². The number of rotatable bonds is 10. The lowest BCUT2D eigenvalue weighted by Crippen LogP contribution is -2.51. The number of carbonyl (C=O) groups is 4. The van der Waals surface area contributed by atoms with Crippen LogP contribution >= 0.6 is 0 Å². The molecule has 3 aromatic carbocycles. The molecular formula is C36H37N5O5. The Hall–Kier alpha value is -4.99. The first-order valence-corrected chi connectivity index (χ1v) is 16.0. The molecule has 0 radical (unpaired) electrons. The Morgan fingerprint density at radius 3 is 2.22 bits per heavy atom. The molecule has 1 heterocycles. The molecule has 4 aliphatic rings. The SMILES string of the molecule is O=C(O)c1cccc(NC(=O)C(CNC(=O)c2cc3nc[nH]c3cc2C(=O)NCC23CC4CC(CC(C4)C2)C3)c2ccccc2)c1. The van der Waals surface area contributed by atoms with Crippen LogP contribution in [0.1, 0.15) is 81.1 Å². The van der Waals surface area contributed by atoms with Gasteiger partial charge in [0.25, 0.3) is 11.8 Å². The maximum absolute atomic E-state index is 13.8. The summed E-state index contributed by atoms with van der Waals surface area (Å²) < 4.78 is 0. The van der Waals surface area contributed by atoms with E-state index in [-0.39, 0.29) is 34.6 Å². The van der Waals surface area contributed by atoms with E-state index < -0.39 is 23.7 Å². The molecule has 0 saturated heterocycles. The number of imidazole rings is 1. The van der Waals surface area contributed by atoms with Gasteiger partial charge in [-0.1, -0.05) is 36.4 Å². The second-order valence-corrected chi connectivity index (χ2v) is 13.5. The number of nitrogens with one attached hydrogen (secondary N) is 4. The molecule has 10 nitrogen and oxygen atoms in total. The van der Waals surface area contributed by atoms with Crippen LogP contribution in [0, 0.1) is 23.2 Å². The molecule has 4 aliphatic carbocycles. The van der Waals surface area contributed by atoms with E-state index in [1.54, 1.807) is 48.5 Å². The van der Waals surface area contributed by atoms with Gasteiger partial charge in [-0.25, -0.2) is 9.78 Å². The number of carboxylic acids is 1. The maximum atomic E-state index is 13.8. The molecule has 1 aromatic heterocycles. The normalized spacial score (nSPS) is 23.5. The molecule has 46 heavy (non-hydrogen) atoms. The molecule has 236 valence electrons. The Kier molecular flexibility index (Phi) is 7.80. The molecule has 10 heteroatoms. The number of hydrogen-bond acceptors (Lipinski definition) is 5. The molecule has 1 unspecified atom stereocenters. The quantitative estimate of drug-likeness (QED) is 0.161. The number of amides is 3. The first-order valence-electron chi connectivity index (χ1n) is 16.0. The standard InChI is InChI=1S/C36H37N5O5/c42-32(37-18-29(24-5-2-1-3-6-24)34(44)41-26-8-4-7-25(12-26)35(45)46)27-13-30-31(40-20-39-30)14-28(27)33(43)38-19-36-15-21-9-22(16-36)11-23(10-21)17-36/h1-8,12-14,20-23,29H,9-11,15-19H2,(H,37,42)(H,38,43)(H,39,40)(H,41,44)(H,45,46).